The first kappa shape index (κ1) is 18.4. The smallest absolute Gasteiger partial charge is 0.338 e. The zero-order valence-electron chi connectivity index (χ0n) is 15.8. The highest BCUT2D eigenvalue weighted by Crippen LogP contribution is 2.52. The van der Waals surface area contributed by atoms with E-state index in [1.807, 2.05) is 12.2 Å². The summed E-state index contributed by atoms with van der Waals surface area (Å²) in [7, 11) is 0. The molecule has 1 aliphatic heterocycles. The summed E-state index contributed by atoms with van der Waals surface area (Å²) < 4.78 is 4.92. The second kappa shape index (κ2) is 6.89. The number of hydrogen-bond acceptors (Lipinski definition) is 5. The highest BCUT2D eigenvalue weighted by molar-refractivity contribution is 6.10. The molecule has 3 amide bonds. The Kier molecular flexibility index (Phi) is 4.53. The fourth-order valence-electron chi connectivity index (χ4n) is 4.58. The van der Waals surface area contributed by atoms with Gasteiger partial charge in [-0.05, 0) is 56.4 Å². The van der Waals surface area contributed by atoms with Gasteiger partial charge in [0.15, 0.2) is 0 Å². The molecular weight excluding hydrogens is 360 g/mol. The molecule has 2 bridgehead atoms. The molecule has 5 atom stereocenters. The third kappa shape index (κ3) is 2.82. The number of esters is 1. The Hall–Kier alpha value is -2.96. The molecular formula is C21H22N2O5. The minimum atomic E-state index is -0.894. The molecule has 28 heavy (non-hydrogen) atoms. The number of allylic oxidation sites excluding steroid dienone is 2. The van der Waals surface area contributed by atoms with Crippen LogP contribution in [0.15, 0.2) is 36.4 Å². The van der Waals surface area contributed by atoms with E-state index in [2.05, 4.69) is 5.32 Å². The SMILES string of the molecule is CCOC(=O)c1ccc(NC(=O)C(C)N2C(=O)C3C4C=CC(C4)C3C2=O)cc1. The third-order valence-corrected chi connectivity index (χ3v) is 5.93. The van der Waals surface area contributed by atoms with Gasteiger partial charge in [0.2, 0.25) is 17.7 Å². The number of imide groups is 1. The minimum Gasteiger partial charge on any atom is -0.462 e. The standard InChI is InChI=1S/C21H22N2O5/c1-3-28-21(27)12-6-8-15(9-7-12)22-18(24)11(2)23-19(25)16-13-4-5-14(10-13)17(16)20(23)26/h4-9,11,13-14,16-17H,3,10H2,1-2H3,(H,22,24). The molecule has 1 saturated carbocycles. The maximum Gasteiger partial charge on any atom is 0.338 e. The molecule has 1 heterocycles. The van der Waals surface area contributed by atoms with Gasteiger partial charge in [-0.15, -0.1) is 0 Å². The average Bonchev–Trinajstić information content (AvgIpc) is 3.36. The first-order valence-electron chi connectivity index (χ1n) is 9.55. The first-order valence-corrected chi connectivity index (χ1v) is 9.55. The Bertz CT molecular complexity index is 845. The predicted molar refractivity (Wildman–Crippen MR) is 100 cm³/mol. The highest BCUT2D eigenvalue weighted by atomic mass is 16.5. The number of carbonyl (C=O) groups is 4. The molecule has 7 heteroatoms. The van der Waals surface area contributed by atoms with E-state index in [1.54, 1.807) is 38.1 Å². The molecule has 0 spiro atoms. The second-order valence-corrected chi connectivity index (χ2v) is 7.51. The highest BCUT2D eigenvalue weighted by Gasteiger charge is 2.60. The number of nitrogens with zero attached hydrogens (tertiary/aromatic N) is 1. The summed E-state index contributed by atoms with van der Waals surface area (Å²) in [6.07, 6.45) is 4.90. The van der Waals surface area contributed by atoms with Crippen LogP contribution in [0.5, 0.6) is 0 Å². The number of nitrogens with one attached hydrogen (secondary N) is 1. The van der Waals surface area contributed by atoms with E-state index in [4.69, 9.17) is 4.74 Å². The van der Waals surface area contributed by atoms with Crippen LogP contribution in [0.2, 0.25) is 0 Å². The largest absolute Gasteiger partial charge is 0.462 e. The maximum atomic E-state index is 12.8. The number of hydrogen-bond donors (Lipinski definition) is 1. The molecule has 7 nitrogen and oxygen atoms in total. The zero-order chi connectivity index (χ0) is 20.0. The minimum absolute atomic E-state index is 0.113. The Morgan fingerprint density at radius 2 is 1.68 bits per heavy atom. The predicted octanol–water partition coefficient (Wildman–Crippen LogP) is 2.00. The van der Waals surface area contributed by atoms with Gasteiger partial charge in [0, 0.05) is 5.69 Å². The molecule has 1 N–H and O–H groups in total. The van der Waals surface area contributed by atoms with Gasteiger partial charge in [0.25, 0.3) is 0 Å². The lowest BCUT2D eigenvalue weighted by Gasteiger charge is -2.23. The van der Waals surface area contributed by atoms with E-state index in [1.165, 1.54) is 0 Å². The summed E-state index contributed by atoms with van der Waals surface area (Å²) in [6, 6.07) is 5.39. The van der Waals surface area contributed by atoms with E-state index in [0.717, 1.165) is 11.3 Å². The van der Waals surface area contributed by atoms with Crippen molar-refractivity contribution in [3.63, 3.8) is 0 Å². The number of anilines is 1. The summed E-state index contributed by atoms with van der Waals surface area (Å²) in [5, 5.41) is 2.71. The lowest BCUT2D eigenvalue weighted by molar-refractivity contribution is -0.146. The van der Waals surface area contributed by atoms with Gasteiger partial charge in [-0.3, -0.25) is 19.3 Å². The van der Waals surface area contributed by atoms with Crippen molar-refractivity contribution < 1.29 is 23.9 Å². The van der Waals surface area contributed by atoms with E-state index in [-0.39, 0.29) is 42.1 Å². The van der Waals surface area contributed by atoms with Crippen molar-refractivity contribution in [2.75, 3.05) is 11.9 Å². The quantitative estimate of drug-likeness (QED) is 0.478. The first-order chi connectivity index (χ1) is 13.4. The molecule has 0 radical (unpaired) electrons. The van der Waals surface area contributed by atoms with Crippen LogP contribution in [-0.4, -0.2) is 41.2 Å². The normalized spacial score (nSPS) is 28.4. The number of fused-ring (bicyclic) bond motifs is 5. The van der Waals surface area contributed by atoms with Crippen molar-refractivity contribution in [1.29, 1.82) is 0 Å². The molecule has 3 aliphatic rings. The lowest BCUT2D eigenvalue weighted by atomic mass is 9.85. The van der Waals surface area contributed by atoms with Gasteiger partial charge >= 0.3 is 5.97 Å². The van der Waals surface area contributed by atoms with Crippen LogP contribution in [0.25, 0.3) is 0 Å². The van der Waals surface area contributed by atoms with E-state index in [9.17, 15) is 19.2 Å². The molecule has 1 saturated heterocycles. The van der Waals surface area contributed by atoms with Gasteiger partial charge in [-0.2, -0.15) is 0 Å². The Morgan fingerprint density at radius 1 is 1.11 bits per heavy atom. The number of amides is 3. The third-order valence-electron chi connectivity index (χ3n) is 5.93. The van der Waals surface area contributed by atoms with Gasteiger partial charge in [-0.25, -0.2) is 4.79 Å². The van der Waals surface area contributed by atoms with Crippen LogP contribution in [0, 0.1) is 23.7 Å². The van der Waals surface area contributed by atoms with Crippen molar-refractivity contribution >= 4 is 29.4 Å². The van der Waals surface area contributed by atoms with Crippen LogP contribution < -0.4 is 5.32 Å². The molecule has 5 unspecified atom stereocenters. The summed E-state index contributed by atoms with van der Waals surface area (Å²) in [4.78, 5) is 51.1. The topological polar surface area (TPSA) is 92.8 Å². The fourth-order valence-corrected chi connectivity index (χ4v) is 4.58. The van der Waals surface area contributed by atoms with Crippen LogP contribution in [-0.2, 0) is 19.1 Å². The molecule has 2 aliphatic carbocycles. The Morgan fingerprint density at radius 3 is 2.21 bits per heavy atom. The average molecular weight is 382 g/mol. The number of ether oxygens (including phenoxy) is 1. The van der Waals surface area contributed by atoms with Crippen LogP contribution in [0.4, 0.5) is 5.69 Å². The van der Waals surface area contributed by atoms with E-state index < -0.39 is 17.9 Å². The second-order valence-electron chi connectivity index (χ2n) is 7.51. The van der Waals surface area contributed by atoms with E-state index in [0.29, 0.717) is 11.3 Å². The Balaban J connectivity index is 1.43. The van der Waals surface area contributed by atoms with Crippen molar-refractivity contribution in [1.82, 2.24) is 4.90 Å². The number of benzene rings is 1. The summed E-state index contributed by atoms with van der Waals surface area (Å²) in [5.74, 6) is -1.77. The van der Waals surface area contributed by atoms with Crippen LogP contribution in [0.3, 0.4) is 0 Å². The van der Waals surface area contributed by atoms with E-state index >= 15 is 0 Å². The number of likely N-dealkylation sites (tertiary alicyclic amines) is 1. The number of rotatable bonds is 5. The molecule has 1 aromatic rings. The zero-order valence-corrected chi connectivity index (χ0v) is 15.8. The van der Waals surface area contributed by atoms with Gasteiger partial charge in [0.1, 0.15) is 6.04 Å². The molecule has 146 valence electrons. The fraction of sp³-hybridized carbons (Fsp3) is 0.429. The van der Waals surface area contributed by atoms with Gasteiger partial charge in [-0.1, -0.05) is 12.2 Å². The van der Waals surface area contributed by atoms with Crippen molar-refractivity contribution in [3.8, 4) is 0 Å². The molecule has 0 aromatic heterocycles. The van der Waals surface area contributed by atoms with Crippen molar-refractivity contribution in [3.05, 3.63) is 42.0 Å². The molecule has 2 fully saturated rings. The Labute approximate surface area is 162 Å². The molecule has 1 aromatic carbocycles. The van der Waals surface area contributed by atoms with Crippen molar-refractivity contribution in [2.45, 2.75) is 26.3 Å². The summed E-state index contributed by atoms with van der Waals surface area (Å²) >= 11 is 0. The monoisotopic (exact) mass is 382 g/mol. The molecule has 4 rings (SSSR count). The summed E-state index contributed by atoms with van der Waals surface area (Å²) in [5.41, 5.74) is 0.861. The number of carbonyl (C=O) groups excluding carboxylic acids is 4. The lowest BCUT2D eigenvalue weighted by Crippen LogP contribution is -2.46. The van der Waals surface area contributed by atoms with Gasteiger partial charge in [0.05, 0.1) is 24.0 Å². The van der Waals surface area contributed by atoms with Crippen LogP contribution >= 0.6 is 0 Å². The van der Waals surface area contributed by atoms with Crippen molar-refractivity contribution in [2.24, 2.45) is 23.7 Å². The van der Waals surface area contributed by atoms with Crippen LogP contribution in [0.1, 0.15) is 30.6 Å². The van der Waals surface area contributed by atoms with Gasteiger partial charge < -0.3 is 10.1 Å². The maximum absolute atomic E-state index is 12.8. The summed E-state index contributed by atoms with van der Waals surface area (Å²) in [6.45, 7) is 3.57.